The minimum Gasteiger partial charge on any atom is -0.377 e. The fourth-order valence-electron chi connectivity index (χ4n) is 2.91. The molecule has 102 valence electrons. The van der Waals surface area contributed by atoms with Crippen molar-refractivity contribution < 1.29 is 4.74 Å². The molecule has 1 saturated heterocycles. The number of rotatable bonds is 7. The Morgan fingerprint density at radius 1 is 1.44 bits per heavy atom. The van der Waals surface area contributed by atoms with E-state index in [9.17, 15) is 5.26 Å². The highest BCUT2D eigenvalue weighted by Gasteiger charge is 2.45. The molecule has 0 radical (unpaired) electrons. The fraction of sp³-hybridized carbons (Fsp3) is 0.929. The molecule has 1 aliphatic heterocycles. The molecule has 0 aromatic heterocycles. The van der Waals surface area contributed by atoms with Crippen molar-refractivity contribution in [1.82, 2.24) is 10.2 Å². The highest BCUT2D eigenvalue weighted by molar-refractivity contribution is 5.16. The molecule has 1 saturated carbocycles. The van der Waals surface area contributed by atoms with E-state index < -0.39 is 0 Å². The number of hydrogen-bond acceptors (Lipinski definition) is 4. The van der Waals surface area contributed by atoms with Crippen molar-refractivity contribution >= 4 is 0 Å². The topological polar surface area (TPSA) is 48.3 Å². The lowest BCUT2D eigenvalue weighted by atomic mass is 9.94. The van der Waals surface area contributed by atoms with Gasteiger partial charge >= 0.3 is 0 Å². The van der Waals surface area contributed by atoms with Gasteiger partial charge in [-0.05, 0) is 45.2 Å². The Morgan fingerprint density at radius 2 is 2.22 bits per heavy atom. The zero-order valence-corrected chi connectivity index (χ0v) is 11.6. The van der Waals surface area contributed by atoms with Crippen LogP contribution in [0.4, 0.5) is 0 Å². The van der Waals surface area contributed by atoms with Crippen LogP contribution >= 0.6 is 0 Å². The maximum Gasteiger partial charge on any atom is 0.122 e. The van der Waals surface area contributed by atoms with Crippen LogP contribution in [0.5, 0.6) is 0 Å². The first-order valence-corrected chi connectivity index (χ1v) is 7.18. The van der Waals surface area contributed by atoms with Gasteiger partial charge in [0.25, 0.3) is 0 Å². The average Bonchev–Trinajstić information content (AvgIpc) is 3.14. The Hall–Kier alpha value is -0.630. The highest BCUT2D eigenvalue weighted by Crippen LogP contribution is 2.39. The van der Waals surface area contributed by atoms with Gasteiger partial charge in [0, 0.05) is 19.7 Å². The van der Waals surface area contributed by atoms with Gasteiger partial charge in [-0.25, -0.2) is 0 Å². The lowest BCUT2D eigenvalue weighted by Crippen LogP contribution is -2.54. The molecule has 0 aromatic carbocycles. The predicted molar refractivity (Wildman–Crippen MR) is 71.2 cm³/mol. The Labute approximate surface area is 110 Å². The molecule has 2 aliphatic rings. The number of nitrogens with zero attached hydrogens (tertiary/aromatic N) is 2. The minimum atomic E-state index is -0.353. The summed E-state index contributed by atoms with van der Waals surface area (Å²) >= 11 is 0. The van der Waals surface area contributed by atoms with Crippen molar-refractivity contribution in [2.75, 3.05) is 33.3 Å². The highest BCUT2D eigenvalue weighted by atomic mass is 16.5. The molecule has 1 N–H and O–H groups in total. The van der Waals surface area contributed by atoms with Crippen molar-refractivity contribution in [2.45, 2.75) is 44.2 Å². The molecule has 2 unspecified atom stereocenters. The molecule has 0 aromatic rings. The van der Waals surface area contributed by atoms with Gasteiger partial charge in [0.2, 0.25) is 0 Å². The average molecular weight is 251 g/mol. The maximum atomic E-state index is 9.52. The molecular formula is C14H25N3O. The summed E-state index contributed by atoms with van der Waals surface area (Å²) in [5.74, 6) is 0.533. The van der Waals surface area contributed by atoms with E-state index in [4.69, 9.17) is 4.74 Å². The van der Waals surface area contributed by atoms with Crippen LogP contribution in [0.3, 0.4) is 0 Å². The third-order valence-electron chi connectivity index (χ3n) is 4.33. The summed E-state index contributed by atoms with van der Waals surface area (Å²) in [6.07, 6.45) is 5.09. The quantitative estimate of drug-likeness (QED) is 0.742. The SMILES string of the molecule is CCN(CC1CCCO1)CC(C#N)(NC)C1CC1. The van der Waals surface area contributed by atoms with E-state index in [1.165, 1.54) is 25.7 Å². The summed E-state index contributed by atoms with van der Waals surface area (Å²) in [6, 6.07) is 2.52. The second-order valence-corrected chi connectivity index (χ2v) is 5.57. The third-order valence-corrected chi connectivity index (χ3v) is 4.33. The normalized spacial score (nSPS) is 27.1. The van der Waals surface area contributed by atoms with Gasteiger partial charge in [-0.15, -0.1) is 0 Å². The van der Waals surface area contributed by atoms with Crippen LogP contribution in [0.15, 0.2) is 0 Å². The van der Waals surface area contributed by atoms with Crippen molar-refractivity contribution in [3.05, 3.63) is 0 Å². The van der Waals surface area contributed by atoms with E-state index in [1.807, 2.05) is 7.05 Å². The molecule has 1 aliphatic carbocycles. The minimum absolute atomic E-state index is 0.353. The van der Waals surface area contributed by atoms with Crippen molar-refractivity contribution in [3.63, 3.8) is 0 Å². The summed E-state index contributed by atoms with van der Waals surface area (Å²) < 4.78 is 5.70. The Kier molecular flexibility index (Phi) is 4.60. The molecule has 2 atom stereocenters. The monoisotopic (exact) mass is 251 g/mol. The molecule has 1 heterocycles. The zero-order chi connectivity index (χ0) is 13.0. The first-order valence-electron chi connectivity index (χ1n) is 7.18. The standard InChI is InChI=1S/C14H25N3O/c1-3-17(9-13-5-4-8-18-13)11-14(10-15,16-2)12-6-7-12/h12-13,16H,3-9,11H2,1-2H3. The van der Waals surface area contributed by atoms with Gasteiger partial charge in [0.05, 0.1) is 12.2 Å². The number of nitriles is 1. The van der Waals surface area contributed by atoms with Gasteiger partial charge in [0.1, 0.15) is 5.54 Å². The van der Waals surface area contributed by atoms with Crippen LogP contribution in [0.1, 0.15) is 32.6 Å². The number of hydrogen-bond donors (Lipinski definition) is 1. The zero-order valence-electron chi connectivity index (χ0n) is 11.6. The van der Waals surface area contributed by atoms with E-state index in [0.717, 1.165) is 26.2 Å². The Bertz CT molecular complexity index is 305. The number of ether oxygens (including phenoxy) is 1. The number of nitrogens with one attached hydrogen (secondary N) is 1. The molecule has 18 heavy (non-hydrogen) atoms. The second-order valence-electron chi connectivity index (χ2n) is 5.57. The van der Waals surface area contributed by atoms with E-state index in [-0.39, 0.29) is 5.54 Å². The summed E-state index contributed by atoms with van der Waals surface area (Å²) in [7, 11) is 1.92. The molecule has 0 spiro atoms. The fourth-order valence-corrected chi connectivity index (χ4v) is 2.91. The molecular weight excluding hydrogens is 226 g/mol. The van der Waals surface area contributed by atoms with E-state index >= 15 is 0 Å². The molecule has 2 rings (SSSR count). The van der Waals surface area contributed by atoms with Gasteiger partial charge in [-0.3, -0.25) is 4.90 Å². The summed E-state index contributed by atoms with van der Waals surface area (Å²) in [5.41, 5.74) is -0.353. The molecule has 4 heteroatoms. The van der Waals surface area contributed by atoms with Crippen LogP contribution in [0.2, 0.25) is 0 Å². The van der Waals surface area contributed by atoms with Crippen LogP contribution in [-0.2, 0) is 4.74 Å². The summed E-state index contributed by atoms with van der Waals surface area (Å²) in [4.78, 5) is 2.37. The largest absolute Gasteiger partial charge is 0.377 e. The first kappa shape index (κ1) is 13.8. The van der Waals surface area contributed by atoms with Gasteiger partial charge < -0.3 is 10.1 Å². The summed E-state index contributed by atoms with van der Waals surface area (Å²) in [5, 5.41) is 12.8. The van der Waals surface area contributed by atoms with Gasteiger partial charge in [0.15, 0.2) is 0 Å². The lowest BCUT2D eigenvalue weighted by molar-refractivity contribution is 0.0665. The van der Waals surface area contributed by atoms with Gasteiger partial charge in [-0.1, -0.05) is 6.92 Å². The second kappa shape index (κ2) is 6.01. The van der Waals surface area contributed by atoms with Crippen molar-refractivity contribution in [2.24, 2.45) is 5.92 Å². The molecule has 0 bridgehead atoms. The smallest absolute Gasteiger partial charge is 0.122 e. The molecule has 0 amide bonds. The molecule has 4 nitrogen and oxygen atoms in total. The van der Waals surface area contributed by atoms with E-state index in [0.29, 0.717) is 12.0 Å². The predicted octanol–water partition coefficient (Wildman–Crippen LogP) is 1.38. The molecule has 2 fully saturated rings. The lowest BCUT2D eigenvalue weighted by Gasteiger charge is -2.33. The number of likely N-dealkylation sites (N-methyl/N-ethyl adjacent to an activating group) is 2. The van der Waals surface area contributed by atoms with Crippen LogP contribution in [-0.4, -0.2) is 49.8 Å². The van der Waals surface area contributed by atoms with E-state index in [1.54, 1.807) is 0 Å². The van der Waals surface area contributed by atoms with Crippen molar-refractivity contribution in [1.29, 1.82) is 5.26 Å². The summed E-state index contributed by atoms with van der Waals surface area (Å²) in [6.45, 7) is 5.84. The van der Waals surface area contributed by atoms with Gasteiger partial charge in [-0.2, -0.15) is 5.26 Å². The van der Waals surface area contributed by atoms with Crippen LogP contribution < -0.4 is 5.32 Å². The van der Waals surface area contributed by atoms with E-state index in [2.05, 4.69) is 23.2 Å². The van der Waals surface area contributed by atoms with Crippen LogP contribution in [0.25, 0.3) is 0 Å². The van der Waals surface area contributed by atoms with Crippen molar-refractivity contribution in [3.8, 4) is 6.07 Å². The Balaban J connectivity index is 1.92. The van der Waals surface area contributed by atoms with Crippen LogP contribution in [0, 0.1) is 17.2 Å². The third kappa shape index (κ3) is 3.03. The maximum absolute atomic E-state index is 9.52. The Morgan fingerprint density at radius 3 is 2.67 bits per heavy atom. The first-order chi connectivity index (χ1) is 8.74.